The zero-order chi connectivity index (χ0) is 21.5. The van der Waals surface area contributed by atoms with Crippen molar-refractivity contribution in [3.05, 3.63) is 53.6 Å². The van der Waals surface area contributed by atoms with Crippen LogP contribution in [0, 0.1) is 0 Å². The minimum atomic E-state index is -0.0241. The summed E-state index contributed by atoms with van der Waals surface area (Å²) < 4.78 is 16.3. The van der Waals surface area contributed by atoms with Crippen LogP contribution in [0.2, 0.25) is 0 Å². The number of ketones is 1. The van der Waals surface area contributed by atoms with Crippen molar-refractivity contribution in [2.75, 3.05) is 33.9 Å². The predicted octanol–water partition coefficient (Wildman–Crippen LogP) is 4.08. The van der Waals surface area contributed by atoms with Gasteiger partial charge in [-0.3, -0.25) is 9.59 Å². The molecule has 0 radical (unpaired) electrons. The highest BCUT2D eigenvalue weighted by molar-refractivity contribution is 5.94. The Hall–Kier alpha value is -3.02. The molecule has 1 fully saturated rings. The molecule has 0 bridgehead atoms. The predicted molar refractivity (Wildman–Crippen MR) is 115 cm³/mol. The van der Waals surface area contributed by atoms with E-state index in [-0.39, 0.29) is 11.7 Å². The van der Waals surface area contributed by atoms with Gasteiger partial charge in [0.1, 0.15) is 5.75 Å². The van der Waals surface area contributed by atoms with Crippen molar-refractivity contribution < 1.29 is 23.8 Å². The van der Waals surface area contributed by atoms with Gasteiger partial charge < -0.3 is 19.1 Å². The van der Waals surface area contributed by atoms with Gasteiger partial charge in [0.15, 0.2) is 17.3 Å². The molecule has 1 atom stereocenters. The Bertz CT molecular complexity index is 878. The van der Waals surface area contributed by atoms with Crippen LogP contribution in [0.4, 0.5) is 0 Å². The molecular formula is C24H29NO5. The second-order valence-electron chi connectivity index (χ2n) is 7.47. The number of Topliss-reactive ketones (excluding diaryl/α,β-unsaturated/α-hetero) is 1. The Morgan fingerprint density at radius 3 is 2.47 bits per heavy atom. The second kappa shape index (κ2) is 10.1. The third-order valence-corrected chi connectivity index (χ3v) is 5.49. The van der Waals surface area contributed by atoms with Crippen LogP contribution in [0.1, 0.15) is 48.0 Å². The zero-order valence-corrected chi connectivity index (χ0v) is 17.8. The van der Waals surface area contributed by atoms with Gasteiger partial charge in [-0.15, -0.1) is 0 Å². The van der Waals surface area contributed by atoms with Crippen LogP contribution in [0.25, 0.3) is 0 Å². The second-order valence-corrected chi connectivity index (χ2v) is 7.47. The molecule has 30 heavy (non-hydrogen) atoms. The third kappa shape index (κ3) is 5.32. The topological polar surface area (TPSA) is 65.1 Å². The number of nitrogens with zero attached hydrogens (tertiary/aromatic N) is 1. The smallest absolute Gasteiger partial charge is 0.222 e. The summed E-state index contributed by atoms with van der Waals surface area (Å²) in [4.78, 5) is 26.0. The minimum absolute atomic E-state index is 0.0241. The Labute approximate surface area is 177 Å². The lowest BCUT2D eigenvalue weighted by atomic mass is 9.98. The SMILES string of the molecule is COc1ccc(C2CCN(C(=O)CCCOc3ccc(C(C)=O)cc3OC)C2)cc1. The molecule has 0 aliphatic carbocycles. The first kappa shape index (κ1) is 21.7. The fraction of sp³-hybridized carbons (Fsp3) is 0.417. The van der Waals surface area contributed by atoms with Gasteiger partial charge in [0.25, 0.3) is 0 Å². The van der Waals surface area contributed by atoms with Crippen LogP contribution in [-0.2, 0) is 4.79 Å². The molecule has 1 unspecified atom stereocenters. The molecule has 1 heterocycles. The molecule has 6 nitrogen and oxygen atoms in total. The molecule has 160 valence electrons. The largest absolute Gasteiger partial charge is 0.497 e. The van der Waals surface area contributed by atoms with Gasteiger partial charge in [0.2, 0.25) is 5.91 Å². The normalized spacial score (nSPS) is 15.7. The molecule has 1 aliphatic rings. The van der Waals surface area contributed by atoms with Crippen molar-refractivity contribution in [1.29, 1.82) is 0 Å². The number of hydrogen-bond acceptors (Lipinski definition) is 5. The monoisotopic (exact) mass is 411 g/mol. The number of amides is 1. The van der Waals surface area contributed by atoms with Crippen molar-refractivity contribution in [3.8, 4) is 17.2 Å². The molecule has 1 aliphatic heterocycles. The Kier molecular flexibility index (Phi) is 7.33. The van der Waals surface area contributed by atoms with E-state index in [2.05, 4.69) is 12.1 Å². The number of hydrogen-bond donors (Lipinski definition) is 0. The Morgan fingerprint density at radius 1 is 1.03 bits per heavy atom. The van der Waals surface area contributed by atoms with E-state index in [0.29, 0.717) is 42.4 Å². The zero-order valence-electron chi connectivity index (χ0n) is 17.8. The lowest BCUT2D eigenvalue weighted by molar-refractivity contribution is -0.130. The highest BCUT2D eigenvalue weighted by atomic mass is 16.5. The number of benzene rings is 2. The number of carbonyl (C=O) groups is 2. The van der Waals surface area contributed by atoms with Crippen molar-refractivity contribution in [1.82, 2.24) is 4.90 Å². The molecule has 0 N–H and O–H groups in total. The van der Waals surface area contributed by atoms with E-state index in [0.717, 1.165) is 25.3 Å². The first-order valence-corrected chi connectivity index (χ1v) is 10.2. The number of methoxy groups -OCH3 is 2. The van der Waals surface area contributed by atoms with Gasteiger partial charge in [0, 0.05) is 31.0 Å². The molecule has 1 amide bonds. The van der Waals surface area contributed by atoms with Gasteiger partial charge in [-0.05, 0) is 55.7 Å². The maximum absolute atomic E-state index is 12.6. The summed E-state index contributed by atoms with van der Waals surface area (Å²) >= 11 is 0. The van der Waals surface area contributed by atoms with Crippen LogP contribution < -0.4 is 14.2 Å². The van der Waals surface area contributed by atoms with Crippen molar-refractivity contribution in [2.45, 2.75) is 32.1 Å². The molecule has 3 rings (SSSR count). The molecule has 2 aromatic rings. The number of carbonyl (C=O) groups excluding carboxylic acids is 2. The van der Waals surface area contributed by atoms with Gasteiger partial charge in [0.05, 0.1) is 20.8 Å². The van der Waals surface area contributed by atoms with Crippen molar-refractivity contribution >= 4 is 11.7 Å². The third-order valence-electron chi connectivity index (χ3n) is 5.49. The van der Waals surface area contributed by atoms with Crippen LogP contribution >= 0.6 is 0 Å². The summed E-state index contributed by atoms with van der Waals surface area (Å²) in [5.74, 6) is 2.46. The molecule has 0 aromatic heterocycles. The maximum atomic E-state index is 12.6. The Balaban J connectivity index is 1.44. The van der Waals surface area contributed by atoms with Crippen LogP contribution in [0.3, 0.4) is 0 Å². The van der Waals surface area contributed by atoms with E-state index >= 15 is 0 Å². The van der Waals surface area contributed by atoms with E-state index in [1.807, 2.05) is 17.0 Å². The number of ether oxygens (including phenoxy) is 3. The van der Waals surface area contributed by atoms with Gasteiger partial charge in [-0.25, -0.2) is 0 Å². The summed E-state index contributed by atoms with van der Waals surface area (Å²) in [5.41, 5.74) is 1.82. The minimum Gasteiger partial charge on any atom is -0.497 e. The first-order valence-electron chi connectivity index (χ1n) is 10.2. The van der Waals surface area contributed by atoms with E-state index < -0.39 is 0 Å². The lowest BCUT2D eigenvalue weighted by Gasteiger charge is -2.17. The maximum Gasteiger partial charge on any atom is 0.222 e. The molecular weight excluding hydrogens is 382 g/mol. The average Bonchev–Trinajstić information content (AvgIpc) is 3.27. The van der Waals surface area contributed by atoms with E-state index in [1.54, 1.807) is 32.4 Å². The molecule has 1 saturated heterocycles. The Morgan fingerprint density at radius 2 is 1.80 bits per heavy atom. The lowest BCUT2D eigenvalue weighted by Crippen LogP contribution is -2.28. The summed E-state index contributed by atoms with van der Waals surface area (Å²) in [6.45, 7) is 3.47. The van der Waals surface area contributed by atoms with Gasteiger partial charge in [-0.1, -0.05) is 12.1 Å². The van der Waals surface area contributed by atoms with E-state index in [1.165, 1.54) is 12.5 Å². The van der Waals surface area contributed by atoms with Gasteiger partial charge >= 0.3 is 0 Å². The molecule has 2 aromatic carbocycles. The van der Waals surface area contributed by atoms with E-state index in [9.17, 15) is 9.59 Å². The van der Waals surface area contributed by atoms with Crippen LogP contribution in [0.15, 0.2) is 42.5 Å². The quantitative estimate of drug-likeness (QED) is 0.459. The highest BCUT2D eigenvalue weighted by Gasteiger charge is 2.27. The average molecular weight is 411 g/mol. The summed E-state index contributed by atoms with van der Waals surface area (Å²) in [6.07, 6.45) is 2.05. The molecule has 0 saturated carbocycles. The van der Waals surface area contributed by atoms with Crippen molar-refractivity contribution in [2.24, 2.45) is 0 Å². The van der Waals surface area contributed by atoms with Gasteiger partial charge in [-0.2, -0.15) is 0 Å². The summed E-state index contributed by atoms with van der Waals surface area (Å²) in [7, 11) is 3.20. The number of rotatable bonds is 9. The fourth-order valence-corrected chi connectivity index (χ4v) is 3.70. The van der Waals surface area contributed by atoms with Crippen molar-refractivity contribution in [3.63, 3.8) is 0 Å². The number of likely N-dealkylation sites (tertiary alicyclic amines) is 1. The van der Waals surface area contributed by atoms with Crippen LogP contribution in [-0.4, -0.2) is 50.5 Å². The van der Waals surface area contributed by atoms with Crippen LogP contribution in [0.5, 0.6) is 17.2 Å². The first-order chi connectivity index (χ1) is 14.5. The standard InChI is InChI=1S/C24H29NO5/c1-17(26)19-8-11-22(23(15-19)29-3)30-14-4-5-24(27)25-13-12-20(16-25)18-6-9-21(28-2)10-7-18/h6-11,15,20H,4-5,12-14,16H2,1-3H3. The fourth-order valence-electron chi connectivity index (χ4n) is 3.70. The van der Waals surface area contributed by atoms with E-state index in [4.69, 9.17) is 14.2 Å². The summed E-state index contributed by atoms with van der Waals surface area (Å²) in [5, 5.41) is 0. The summed E-state index contributed by atoms with van der Waals surface area (Å²) in [6, 6.07) is 13.2. The molecule has 0 spiro atoms. The highest BCUT2D eigenvalue weighted by Crippen LogP contribution is 2.30. The molecule has 6 heteroatoms.